The molecule has 2 rings (SSSR count). The zero-order valence-corrected chi connectivity index (χ0v) is 12.8. The van der Waals surface area contributed by atoms with Gasteiger partial charge in [-0.25, -0.2) is 4.79 Å². The highest BCUT2D eigenvalue weighted by molar-refractivity contribution is 5.81. The number of urea groups is 1. The maximum Gasteiger partial charge on any atom is 0.314 e. The number of carbonyl (C=O) groups is 2. The Morgan fingerprint density at radius 2 is 1.85 bits per heavy atom. The summed E-state index contributed by atoms with van der Waals surface area (Å²) in [4.78, 5) is 27.8. The summed E-state index contributed by atoms with van der Waals surface area (Å²) in [5, 5.41) is 0. The normalized spacial score (nSPS) is 24.6. The van der Waals surface area contributed by atoms with Crippen LogP contribution in [-0.4, -0.2) is 46.9 Å². The van der Waals surface area contributed by atoms with Gasteiger partial charge in [0.2, 0.25) is 5.91 Å². The minimum atomic E-state index is -0.405. The van der Waals surface area contributed by atoms with Gasteiger partial charge in [0.25, 0.3) is 0 Å². The first-order valence-electron chi connectivity index (χ1n) is 7.78. The first-order valence-corrected chi connectivity index (χ1v) is 7.78. The van der Waals surface area contributed by atoms with Crippen LogP contribution in [0.15, 0.2) is 0 Å². The number of carbonyl (C=O) groups excluding carboxylic acids is 2. The summed E-state index contributed by atoms with van der Waals surface area (Å²) in [6.07, 6.45) is 3.98. The molecular formula is C15H27N3O2. The lowest BCUT2D eigenvalue weighted by atomic mass is 9.94. The average molecular weight is 281 g/mol. The van der Waals surface area contributed by atoms with Gasteiger partial charge in [-0.05, 0) is 38.5 Å². The van der Waals surface area contributed by atoms with E-state index >= 15 is 0 Å². The van der Waals surface area contributed by atoms with Crippen LogP contribution in [0.5, 0.6) is 0 Å². The average Bonchev–Trinajstić information content (AvgIpc) is 3.23. The van der Waals surface area contributed by atoms with E-state index in [-0.39, 0.29) is 17.9 Å². The summed E-state index contributed by atoms with van der Waals surface area (Å²) in [6, 6.07) is 0.278. The Hall–Kier alpha value is -1.26. The van der Waals surface area contributed by atoms with Gasteiger partial charge in [0.05, 0.1) is 5.92 Å². The van der Waals surface area contributed by atoms with Crippen LogP contribution in [0.2, 0.25) is 0 Å². The zero-order chi connectivity index (χ0) is 14.9. The maximum absolute atomic E-state index is 12.8. The standard InChI is InChI=1S/C15H27N3O2/c1-10(2)11(3)18(13-6-7-13)14(19)12-5-4-8-17(9-12)15(16)20/h10-13H,4-9H2,1-3H3,(H2,16,20)/t11-,12+/m0/s1. The molecule has 5 heteroatoms. The molecule has 5 nitrogen and oxygen atoms in total. The molecule has 0 spiro atoms. The second-order valence-electron chi connectivity index (χ2n) is 6.58. The predicted molar refractivity (Wildman–Crippen MR) is 78.0 cm³/mol. The van der Waals surface area contributed by atoms with Crippen LogP contribution in [-0.2, 0) is 4.79 Å². The number of hydrogen-bond acceptors (Lipinski definition) is 2. The Labute approximate surface area is 121 Å². The van der Waals surface area contributed by atoms with Crippen LogP contribution in [0.1, 0.15) is 46.5 Å². The van der Waals surface area contributed by atoms with Gasteiger partial charge >= 0.3 is 6.03 Å². The van der Waals surface area contributed by atoms with E-state index in [2.05, 4.69) is 25.7 Å². The van der Waals surface area contributed by atoms with Crippen LogP contribution in [0.25, 0.3) is 0 Å². The molecule has 2 fully saturated rings. The van der Waals surface area contributed by atoms with Gasteiger partial charge in [-0.2, -0.15) is 0 Å². The van der Waals surface area contributed by atoms with Crippen molar-refractivity contribution in [3.05, 3.63) is 0 Å². The predicted octanol–water partition coefficient (Wildman–Crippen LogP) is 1.81. The van der Waals surface area contributed by atoms with Crippen LogP contribution in [0.3, 0.4) is 0 Å². The van der Waals surface area contributed by atoms with E-state index in [0.717, 1.165) is 25.7 Å². The van der Waals surface area contributed by atoms with Crippen molar-refractivity contribution in [2.75, 3.05) is 13.1 Å². The lowest BCUT2D eigenvalue weighted by molar-refractivity contribution is -0.140. The Kier molecular flexibility index (Phi) is 4.55. The molecule has 0 aromatic rings. The molecule has 1 aliphatic heterocycles. The fraction of sp³-hybridized carbons (Fsp3) is 0.867. The Morgan fingerprint density at radius 3 is 2.35 bits per heavy atom. The van der Waals surface area contributed by atoms with E-state index in [1.165, 1.54) is 0 Å². The van der Waals surface area contributed by atoms with E-state index in [4.69, 9.17) is 5.73 Å². The summed E-state index contributed by atoms with van der Waals surface area (Å²) in [7, 11) is 0. The van der Waals surface area contributed by atoms with Gasteiger partial charge in [-0.3, -0.25) is 4.79 Å². The van der Waals surface area contributed by atoms with E-state index in [0.29, 0.717) is 25.0 Å². The van der Waals surface area contributed by atoms with Crippen molar-refractivity contribution in [2.45, 2.75) is 58.5 Å². The Balaban J connectivity index is 2.05. The number of nitrogens with two attached hydrogens (primary N) is 1. The first kappa shape index (κ1) is 15.1. The molecule has 20 heavy (non-hydrogen) atoms. The fourth-order valence-electron chi connectivity index (χ4n) is 2.98. The molecule has 2 aliphatic rings. The summed E-state index contributed by atoms with van der Waals surface area (Å²) in [6.45, 7) is 7.62. The number of hydrogen-bond donors (Lipinski definition) is 1. The molecule has 0 radical (unpaired) electrons. The first-order chi connectivity index (χ1) is 9.41. The highest BCUT2D eigenvalue weighted by atomic mass is 16.2. The third kappa shape index (κ3) is 3.25. The lowest BCUT2D eigenvalue weighted by Gasteiger charge is -2.38. The molecule has 0 unspecified atom stereocenters. The van der Waals surface area contributed by atoms with Crippen LogP contribution < -0.4 is 5.73 Å². The quantitative estimate of drug-likeness (QED) is 0.854. The van der Waals surface area contributed by atoms with Crippen molar-refractivity contribution in [3.8, 4) is 0 Å². The highest BCUT2D eigenvalue weighted by Crippen LogP contribution is 2.33. The third-order valence-electron chi connectivity index (χ3n) is 4.68. The van der Waals surface area contributed by atoms with Crippen molar-refractivity contribution in [2.24, 2.45) is 17.6 Å². The van der Waals surface area contributed by atoms with Crippen LogP contribution >= 0.6 is 0 Å². The third-order valence-corrected chi connectivity index (χ3v) is 4.68. The second-order valence-corrected chi connectivity index (χ2v) is 6.58. The summed E-state index contributed by atoms with van der Waals surface area (Å²) < 4.78 is 0. The maximum atomic E-state index is 12.8. The van der Waals surface area contributed by atoms with Crippen molar-refractivity contribution in [3.63, 3.8) is 0 Å². The number of primary amides is 1. The van der Waals surface area contributed by atoms with E-state index in [1.807, 2.05) is 0 Å². The van der Waals surface area contributed by atoms with Crippen LogP contribution in [0, 0.1) is 11.8 Å². The molecule has 1 heterocycles. The van der Waals surface area contributed by atoms with Crippen molar-refractivity contribution in [1.82, 2.24) is 9.80 Å². The molecule has 2 atom stereocenters. The molecule has 2 N–H and O–H groups in total. The lowest BCUT2D eigenvalue weighted by Crippen LogP contribution is -2.51. The minimum Gasteiger partial charge on any atom is -0.351 e. The summed E-state index contributed by atoms with van der Waals surface area (Å²) in [5.41, 5.74) is 5.35. The molecule has 114 valence electrons. The molecule has 1 aliphatic carbocycles. The molecular weight excluding hydrogens is 254 g/mol. The van der Waals surface area contributed by atoms with Gasteiger partial charge in [0.1, 0.15) is 0 Å². The number of nitrogens with zero attached hydrogens (tertiary/aromatic N) is 2. The molecule has 0 aromatic carbocycles. The SMILES string of the molecule is CC(C)[C@H](C)N(C(=O)[C@@H]1CCCN(C(N)=O)C1)C1CC1. The largest absolute Gasteiger partial charge is 0.351 e. The van der Waals surface area contributed by atoms with Crippen molar-refractivity contribution < 1.29 is 9.59 Å². The second kappa shape index (κ2) is 6.02. The molecule has 0 bridgehead atoms. The number of rotatable bonds is 4. The number of amides is 3. The fourth-order valence-corrected chi connectivity index (χ4v) is 2.98. The van der Waals surface area contributed by atoms with E-state index in [1.54, 1.807) is 4.90 Å². The van der Waals surface area contributed by atoms with Gasteiger partial charge < -0.3 is 15.5 Å². The van der Waals surface area contributed by atoms with Gasteiger partial charge in [-0.15, -0.1) is 0 Å². The van der Waals surface area contributed by atoms with E-state index in [9.17, 15) is 9.59 Å². The highest BCUT2D eigenvalue weighted by Gasteiger charge is 2.40. The summed E-state index contributed by atoms with van der Waals surface area (Å²) >= 11 is 0. The summed E-state index contributed by atoms with van der Waals surface area (Å²) in [5.74, 6) is 0.605. The van der Waals surface area contributed by atoms with E-state index < -0.39 is 6.03 Å². The van der Waals surface area contributed by atoms with Crippen molar-refractivity contribution in [1.29, 1.82) is 0 Å². The smallest absolute Gasteiger partial charge is 0.314 e. The monoisotopic (exact) mass is 281 g/mol. The van der Waals surface area contributed by atoms with Gasteiger partial charge in [0.15, 0.2) is 0 Å². The minimum absolute atomic E-state index is 0.0713. The van der Waals surface area contributed by atoms with Crippen LogP contribution in [0.4, 0.5) is 4.79 Å². The number of likely N-dealkylation sites (tertiary alicyclic amines) is 1. The molecule has 3 amide bonds. The Bertz CT molecular complexity index is 379. The molecule has 1 saturated heterocycles. The molecule has 0 aromatic heterocycles. The topological polar surface area (TPSA) is 66.6 Å². The Morgan fingerprint density at radius 1 is 1.20 bits per heavy atom. The number of piperidine rings is 1. The van der Waals surface area contributed by atoms with Gasteiger partial charge in [0, 0.05) is 25.2 Å². The zero-order valence-electron chi connectivity index (χ0n) is 12.8. The van der Waals surface area contributed by atoms with Gasteiger partial charge in [-0.1, -0.05) is 13.8 Å². The van der Waals surface area contributed by atoms with Crippen molar-refractivity contribution >= 4 is 11.9 Å². The molecule has 1 saturated carbocycles.